The molecule has 24 heavy (non-hydrogen) atoms. The van der Waals surface area contributed by atoms with Gasteiger partial charge < -0.3 is 20.1 Å². The number of guanidine groups is 1. The molecule has 0 saturated carbocycles. The number of aliphatic imine (C=N–C) groups is 1. The summed E-state index contributed by atoms with van der Waals surface area (Å²) in [4.78, 5) is 6.75. The molecule has 1 atom stereocenters. The van der Waals surface area contributed by atoms with Gasteiger partial charge in [-0.3, -0.25) is 9.89 Å². The van der Waals surface area contributed by atoms with Crippen molar-refractivity contribution < 1.29 is 9.47 Å². The van der Waals surface area contributed by atoms with Crippen LogP contribution in [-0.4, -0.2) is 70.5 Å². The minimum Gasteiger partial charge on any atom is -0.493 e. The summed E-state index contributed by atoms with van der Waals surface area (Å²) >= 11 is 0. The molecule has 0 amide bonds. The normalized spacial score (nSPS) is 21.7. The fraction of sp³-hybridized carbons (Fsp3) is 0.611. The second kappa shape index (κ2) is 8.89. The van der Waals surface area contributed by atoms with Crippen LogP contribution < -0.4 is 15.4 Å². The van der Waals surface area contributed by atoms with Crippen LogP contribution in [0.1, 0.15) is 17.9 Å². The number of benzene rings is 1. The van der Waals surface area contributed by atoms with Gasteiger partial charge in [0.05, 0.1) is 19.8 Å². The van der Waals surface area contributed by atoms with Gasteiger partial charge in [-0.25, -0.2) is 0 Å². The Balaban J connectivity index is 1.43. The molecule has 1 fully saturated rings. The van der Waals surface area contributed by atoms with Gasteiger partial charge in [-0.2, -0.15) is 0 Å². The van der Waals surface area contributed by atoms with Crippen LogP contribution >= 0.6 is 0 Å². The first-order valence-corrected chi connectivity index (χ1v) is 8.83. The Morgan fingerprint density at radius 2 is 2.04 bits per heavy atom. The third-order valence-electron chi connectivity index (χ3n) is 4.65. The Morgan fingerprint density at radius 1 is 1.21 bits per heavy atom. The number of ether oxygens (including phenoxy) is 2. The fourth-order valence-electron chi connectivity index (χ4n) is 3.23. The smallest absolute Gasteiger partial charge is 0.191 e. The van der Waals surface area contributed by atoms with Crippen LogP contribution in [0.25, 0.3) is 0 Å². The Morgan fingerprint density at radius 3 is 2.88 bits per heavy atom. The highest BCUT2D eigenvalue weighted by Gasteiger charge is 2.21. The lowest BCUT2D eigenvalue weighted by Crippen LogP contribution is -2.45. The maximum absolute atomic E-state index is 5.73. The largest absolute Gasteiger partial charge is 0.493 e. The van der Waals surface area contributed by atoms with Crippen molar-refractivity contribution in [2.45, 2.75) is 12.3 Å². The van der Waals surface area contributed by atoms with Gasteiger partial charge in [-0.1, -0.05) is 18.2 Å². The molecule has 0 radical (unpaired) electrons. The molecule has 1 aromatic carbocycles. The van der Waals surface area contributed by atoms with Crippen LogP contribution in [-0.2, 0) is 4.74 Å². The van der Waals surface area contributed by atoms with Crippen molar-refractivity contribution >= 4 is 5.96 Å². The van der Waals surface area contributed by atoms with Gasteiger partial charge in [0.15, 0.2) is 5.96 Å². The Bertz CT molecular complexity index is 544. The Hall–Kier alpha value is -1.79. The quantitative estimate of drug-likeness (QED) is 0.623. The van der Waals surface area contributed by atoms with E-state index in [-0.39, 0.29) is 0 Å². The van der Waals surface area contributed by atoms with Crippen molar-refractivity contribution in [3.63, 3.8) is 0 Å². The van der Waals surface area contributed by atoms with Crippen molar-refractivity contribution in [2.24, 2.45) is 4.99 Å². The molecule has 0 unspecified atom stereocenters. The molecular weight excluding hydrogens is 304 g/mol. The zero-order valence-electron chi connectivity index (χ0n) is 14.5. The molecule has 132 valence electrons. The van der Waals surface area contributed by atoms with E-state index in [1.807, 2.05) is 13.1 Å². The molecule has 2 N–H and O–H groups in total. The van der Waals surface area contributed by atoms with E-state index < -0.39 is 0 Å². The lowest BCUT2D eigenvalue weighted by atomic mass is 9.93. The van der Waals surface area contributed by atoms with Gasteiger partial charge in [0.25, 0.3) is 0 Å². The number of hydrogen-bond acceptors (Lipinski definition) is 4. The standard InChI is InChI=1S/C18H28N4O2/c1-19-18(20-7-8-22-9-12-23-13-10-22)21-14-15-6-11-24-17-5-3-2-4-16(15)17/h2-5,15H,6-14H2,1H3,(H2,19,20,21)/t15-/m0/s1. The first-order valence-electron chi connectivity index (χ1n) is 8.83. The highest BCUT2D eigenvalue weighted by atomic mass is 16.5. The van der Waals surface area contributed by atoms with E-state index in [1.54, 1.807) is 0 Å². The average Bonchev–Trinajstić information content (AvgIpc) is 2.65. The zero-order chi connectivity index (χ0) is 16.6. The SMILES string of the molecule is CN=C(NCCN1CCOCC1)NC[C@@H]1CCOc2ccccc21. The van der Waals surface area contributed by atoms with Crippen molar-refractivity contribution in [1.82, 2.24) is 15.5 Å². The van der Waals surface area contributed by atoms with Crippen LogP contribution in [0.3, 0.4) is 0 Å². The Kier molecular flexibility index (Phi) is 6.32. The number of fused-ring (bicyclic) bond motifs is 1. The van der Waals surface area contributed by atoms with Crippen molar-refractivity contribution in [2.75, 3.05) is 59.6 Å². The molecule has 3 rings (SSSR count). The zero-order valence-corrected chi connectivity index (χ0v) is 14.5. The molecule has 2 heterocycles. The maximum atomic E-state index is 5.73. The molecule has 2 aliphatic heterocycles. The Labute approximate surface area is 144 Å². The van der Waals surface area contributed by atoms with E-state index in [9.17, 15) is 0 Å². The monoisotopic (exact) mass is 332 g/mol. The number of para-hydroxylation sites is 1. The molecule has 2 aliphatic rings. The summed E-state index contributed by atoms with van der Waals surface area (Å²) in [6, 6.07) is 8.32. The molecule has 0 spiro atoms. The first kappa shape index (κ1) is 17.0. The summed E-state index contributed by atoms with van der Waals surface area (Å²) in [5.74, 6) is 2.35. The molecule has 6 nitrogen and oxygen atoms in total. The van der Waals surface area contributed by atoms with Crippen LogP contribution in [0.15, 0.2) is 29.3 Å². The third-order valence-corrected chi connectivity index (χ3v) is 4.65. The molecule has 0 aliphatic carbocycles. The van der Waals surface area contributed by atoms with E-state index in [0.717, 1.165) is 70.7 Å². The van der Waals surface area contributed by atoms with Crippen molar-refractivity contribution in [3.05, 3.63) is 29.8 Å². The average molecular weight is 332 g/mol. The van der Waals surface area contributed by atoms with Gasteiger partial charge in [0, 0.05) is 45.7 Å². The summed E-state index contributed by atoms with van der Waals surface area (Å²) < 4.78 is 11.1. The number of hydrogen-bond donors (Lipinski definition) is 2. The second-order valence-corrected chi connectivity index (χ2v) is 6.21. The van der Waals surface area contributed by atoms with Gasteiger partial charge in [0.2, 0.25) is 0 Å². The molecule has 6 heteroatoms. The molecular formula is C18H28N4O2. The number of nitrogens with one attached hydrogen (secondary N) is 2. The summed E-state index contributed by atoms with van der Waals surface area (Å²) in [5.41, 5.74) is 1.29. The van der Waals surface area contributed by atoms with Crippen LogP contribution in [0, 0.1) is 0 Å². The van der Waals surface area contributed by atoms with Crippen LogP contribution in [0.5, 0.6) is 5.75 Å². The van der Waals surface area contributed by atoms with Gasteiger partial charge in [-0.05, 0) is 18.1 Å². The second-order valence-electron chi connectivity index (χ2n) is 6.21. The van der Waals surface area contributed by atoms with E-state index in [0.29, 0.717) is 5.92 Å². The van der Waals surface area contributed by atoms with E-state index >= 15 is 0 Å². The summed E-state index contributed by atoms with van der Waals surface area (Å²) in [6.45, 7) is 7.30. The first-order chi connectivity index (χ1) is 11.9. The summed E-state index contributed by atoms with van der Waals surface area (Å²) in [7, 11) is 1.82. The van der Waals surface area contributed by atoms with E-state index in [4.69, 9.17) is 9.47 Å². The van der Waals surface area contributed by atoms with E-state index in [1.165, 1.54) is 5.56 Å². The summed E-state index contributed by atoms with van der Waals surface area (Å²) in [6.07, 6.45) is 1.04. The lowest BCUT2D eigenvalue weighted by molar-refractivity contribution is 0.0389. The van der Waals surface area contributed by atoms with Crippen LogP contribution in [0.2, 0.25) is 0 Å². The predicted octanol–water partition coefficient (Wildman–Crippen LogP) is 1.05. The highest BCUT2D eigenvalue weighted by molar-refractivity contribution is 5.79. The molecule has 0 bridgehead atoms. The topological polar surface area (TPSA) is 58.1 Å². The lowest BCUT2D eigenvalue weighted by Gasteiger charge is -2.28. The third kappa shape index (κ3) is 4.61. The van der Waals surface area contributed by atoms with Crippen molar-refractivity contribution in [3.8, 4) is 5.75 Å². The minimum atomic E-state index is 0.466. The molecule has 1 saturated heterocycles. The van der Waals surface area contributed by atoms with E-state index in [2.05, 4.69) is 38.7 Å². The molecule has 0 aromatic heterocycles. The number of morpholine rings is 1. The number of rotatable bonds is 5. The fourth-order valence-corrected chi connectivity index (χ4v) is 3.23. The highest BCUT2D eigenvalue weighted by Crippen LogP contribution is 2.32. The predicted molar refractivity (Wildman–Crippen MR) is 95.9 cm³/mol. The minimum absolute atomic E-state index is 0.466. The number of nitrogens with zero attached hydrogens (tertiary/aromatic N) is 2. The maximum Gasteiger partial charge on any atom is 0.191 e. The van der Waals surface area contributed by atoms with Gasteiger partial charge in [-0.15, -0.1) is 0 Å². The van der Waals surface area contributed by atoms with Gasteiger partial charge >= 0.3 is 0 Å². The molecule has 1 aromatic rings. The van der Waals surface area contributed by atoms with Crippen molar-refractivity contribution in [1.29, 1.82) is 0 Å². The van der Waals surface area contributed by atoms with Gasteiger partial charge in [0.1, 0.15) is 5.75 Å². The van der Waals surface area contributed by atoms with Crippen LogP contribution in [0.4, 0.5) is 0 Å². The summed E-state index contributed by atoms with van der Waals surface area (Å²) in [5, 5.41) is 6.86.